The van der Waals surface area contributed by atoms with Crippen molar-refractivity contribution in [2.24, 2.45) is 0 Å². The van der Waals surface area contributed by atoms with Crippen LogP contribution < -0.4 is 16.3 Å². The van der Waals surface area contributed by atoms with Crippen LogP contribution in [0.5, 0.6) is 0 Å². The number of hydrogen-bond acceptors (Lipinski definition) is 8. The Bertz CT molecular complexity index is 1990. The molecular formula is C44H49N6O5P. The second-order valence-electron chi connectivity index (χ2n) is 14.1. The van der Waals surface area contributed by atoms with Gasteiger partial charge in [0.15, 0.2) is 0 Å². The van der Waals surface area contributed by atoms with Crippen molar-refractivity contribution in [2.75, 3.05) is 25.1 Å². The Kier molecular flexibility index (Phi) is 13.9. The molecule has 2 N–H and O–H groups in total. The van der Waals surface area contributed by atoms with E-state index in [1.807, 2.05) is 60.7 Å². The van der Waals surface area contributed by atoms with Crippen LogP contribution in [0.3, 0.4) is 0 Å². The van der Waals surface area contributed by atoms with Gasteiger partial charge >= 0.3 is 5.69 Å². The highest BCUT2D eigenvalue weighted by atomic mass is 31.2. The molecule has 1 amide bonds. The first kappa shape index (κ1) is 40.6. The first-order chi connectivity index (χ1) is 27.2. The van der Waals surface area contributed by atoms with E-state index in [1.54, 1.807) is 36.5 Å². The van der Waals surface area contributed by atoms with Gasteiger partial charge in [-0.3, -0.25) is 14.7 Å². The van der Waals surface area contributed by atoms with Gasteiger partial charge in [-0.15, -0.1) is 0 Å². The summed E-state index contributed by atoms with van der Waals surface area (Å²) < 4.78 is 23.4. The number of carbonyl (C=O) groups is 1. The lowest BCUT2D eigenvalue weighted by atomic mass is 9.76. The summed E-state index contributed by atoms with van der Waals surface area (Å²) in [5.41, 5.74) is 2.19. The van der Waals surface area contributed by atoms with Crippen molar-refractivity contribution in [2.45, 2.75) is 70.1 Å². The van der Waals surface area contributed by atoms with Gasteiger partial charge in [-0.25, -0.2) is 16.0 Å². The lowest BCUT2D eigenvalue weighted by molar-refractivity contribution is -0.0277. The summed E-state index contributed by atoms with van der Waals surface area (Å²) in [6.07, 6.45) is 0.754. The fourth-order valence-electron chi connectivity index (χ4n) is 7.23. The summed E-state index contributed by atoms with van der Waals surface area (Å²) in [5.74, 6) is -0.214. The molecule has 6 rings (SSSR count). The second-order valence-corrected chi connectivity index (χ2v) is 15.6. The van der Waals surface area contributed by atoms with E-state index < -0.39 is 32.1 Å². The van der Waals surface area contributed by atoms with E-state index in [0.717, 1.165) is 16.7 Å². The summed E-state index contributed by atoms with van der Waals surface area (Å²) in [6.45, 7) is 16.3. The van der Waals surface area contributed by atoms with Crippen molar-refractivity contribution in [3.63, 3.8) is 0 Å². The quantitative estimate of drug-likeness (QED) is 0.0423. The number of rotatable bonds is 17. The average Bonchev–Trinajstić information content (AvgIpc) is 3.61. The molecule has 0 spiro atoms. The first-order valence-corrected chi connectivity index (χ1v) is 20.1. The Labute approximate surface area is 330 Å². The van der Waals surface area contributed by atoms with E-state index in [1.165, 1.54) is 4.57 Å². The molecule has 2 heterocycles. The van der Waals surface area contributed by atoms with Crippen molar-refractivity contribution in [3.8, 4) is 0 Å². The van der Waals surface area contributed by atoms with Crippen LogP contribution in [-0.2, 0) is 19.3 Å². The Morgan fingerprint density at radius 3 is 1.91 bits per heavy atom. The van der Waals surface area contributed by atoms with Crippen LogP contribution in [0, 0.1) is 6.57 Å². The molecule has 12 heteroatoms. The minimum atomic E-state index is -1.56. The lowest BCUT2D eigenvalue weighted by Crippen LogP contribution is -2.53. The molecule has 0 radical (unpaired) electrons. The Morgan fingerprint density at radius 1 is 0.875 bits per heavy atom. The maximum Gasteiger partial charge on any atom is 0.351 e. The van der Waals surface area contributed by atoms with Gasteiger partial charge in [-0.2, -0.15) is 4.98 Å². The van der Waals surface area contributed by atoms with Gasteiger partial charge < -0.3 is 23.9 Å². The molecule has 2 unspecified atom stereocenters. The van der Waals surface area contributed by atoms with Gasteiger partial charge in [0.25, 0.3) is 14.4 Å². The van der Waals surface area contributed by atoms with E-state index in [4.69, 9.17) is 20.4 Å². The van der Waals surface area contributed by atoms with Crippen LogP contribution in [0.4, 0.5) is 5.82 Å². The molecule has 0 bridgehead atoms. The highest BCUT2D eigenvalue weighted by molar-refractivity contribution is 7.44. The Morgan fingerprint density at radius 2 is 1.41 bits per heavy atom. The van der Waals surface area contributed by atoms with E-state index in [-0.39, 0.29) is 49.6 Å². The van der Waals surface area contributed by atoms with Gasteiger partial charge in [0, 0.05) is 36.3 Å². The predicted octanol–water partition coefficient (Wildman–Crippen LogP) is 8.03. The zero-order chi connectivity index (χ0) is 39.5. The van der Waals surface area contributed by atoms with Crippen LogP contribution in [0.1, 0.15) is 67.4 Å². The van der Waals surface area contributed by atoms with Crippen LogP contribution in [0.25, 0.3) is 4.85 Å². The van der Waals surface area contributed by atoms with Gasteiger partial charge in [-0.05, 0) is 62.6 Å². The number of ether oxygens (including phenoxy) is 1. The molecule has 0 aliphatic carbocycles. The predicted molar refractivity (Wildman–Crippen MR) is 220 cm³/mol. The number of aromatic nitrogens is 2. The summed E-state index contributed by atoms with van der Waals surface area (Å²) in [7, 11) is -1.56. The molecular weight excluding hydrogens is 723 g/mol. The number of carbonyl (C=O) groups excluding carboxylic acids is 1. The van der Waals surface area contributed by atoms with Crippen molar-refractivity contribution >= 4 is 20.3 Å². The van der Waals surface area contributed by atoms with Crippen LogP contribution in [0.2, 0.25) is 0 Å². The molecule has 290 valence electrons. The fraction of sp³-hybridized carbons (Fsp3) is 0.318. The topological polar surface area (TPSA) is 111 Å². The Balaban J connectivity index is 1.37. The normalized spacial score (nSPS) is 17.6. The Hall–Kier alpha value is -5.05. The van der Waals surface area contributed by atoms with Gasteiger partial charge in [-0.1, -0.05) is 109 Å². The number of amides is 1. The number of nitrogens with one attached hydrogen (secondary N) is 2. The van der Waals surface area contributed by atoms with Gasteiger partial charge in [0.05, 0.1) is 18.2 Å². The van der Waals surface area contributed by atoms with E-state index in [9.17, 15) is 9.59 Å². The fourth-order valence-corrected chi connectivity index (χ4v) is 8.83. The van der Waals surface area contributed by atoms with Crippen molar-refractivity contribution in [3.05, 3.63) is 178 Å². The maximum atomic E-state index is 13.7. The third-order valence-electron chi connectivity index (χ3n) is 9.68. The minimum absolute atomic E-state index is 0.118. The smallest absolute Gasteiger partial charge is 0.351 e. The van der Waals surface area contributed by atoms with E-state index in [2.05, 4.69) is 89.2 Å². The molecule has 1 aromatic heterocycles. The summed E-state index contributed by atoms with van der Waals surface area (Å²) in [5, 5.41) is 6.80. The molecule has 11 nitrogen and oxygen atoms in total. The number of hydrogen-bond donors (Lipinski definition) is 2. The number of anilines is 1. The zero-order valence-corrected chi connectivity index (χ0v) is 33.1. The van der Waals surface area contributed by atoms with Crippen molar-refractivity contribution in [1.82, 2.24) is 19.5 Å². The van der Waals surface area contributed by atoms with E-state index in [0.29, 0.717) is 12.0 Å². The first-order valence-electron chi connectivity index (χ1n) is 18.9. The summed E-state index contributed by atoms with van der Waals surface area (Å²) in [4.78, 5) is 34.2. The highest BCUT2D eigenvalue weighted by Crippen LogP contribution is 2.47. The van der Waals surface area contributed by atoms with Crippen molar-refractivity contribution < 1.29 is 18.6 Å². The standard InChI is InChI=1S/C44H49N6O5P/c1-32(2)50(33(3)4)56(53-29-27-45-5)54-31-39-38(30-41(55-39)49-28-26-40(47-43(49)52)46-42(51)34-18-10-6-11-19-34)48-44(35-20-12-7-13-21-35,36-22-14-8-15-23-36)37-24-16-9-17-25-37/h6-26,28,32-33,38-39,41,48H,27,29-31H2,1-4H3,(H,46,47,51,52)/t38?,39-,41-,56?/m1/s1. The summed E-state index contributed by atoms with van der Waals surface area (Å²) >= 11 is 0. The largest absolute Gasteiger partial charge is 0.351 e. The second kappa shape index (κ2) is 19.2. The lowest BCUT2D eigenvalue weighted by Gasteiger charge is -2.40. The molecule has 1 fully saturated rings. The molecule has 1 aliphatic heterocycles. The zero-order valence-electron chi connectivity index (χ0n) is 32.2. The van der Waals surface area contributed by atoms with Gasteiger partial charge in [0.2, 0.25) is 6.54 Å². The third kappa shape index (κ3) is 9.48. The van der Waals surface area contributed by atoms with E-state index >= 15 is 0 Å². The average molecular weight is 773 g/mol. The number of nitrogens with zero attached hydrogens (tertiary/aromatic N) is 4. The molecule has 4 atom stereocenters. The van der Waals surface area contributed by atoms with Crippen molar-refractivity contribution in [1.29, 1.82) is 0 Å². The molecule has 5 aromatic rings. The van der Waals surface area contributed by atoms with Crippen LogP contribution in [0.15, 0.2) is 138 Å². The maximum absolute atomic E-state index is 13.7. The summed E-state index contributed by atoms with van der Waals surface area (Å²) in [6, 6.07) is 41.2. The van der Waals surface area contributed by atoms with Crippen LogP contribution >= 0.6 is 8.53 Å². The van der Waals surface area contributed by atoms with Crippen LogP contribution in [-0.4, -0.2) is 64.1 Å². The molecule has 0 saturated carbocycles. The third-order valence-corrected chi connectivity index (χ3v) is 11.8. The molecule has 4 aromatic carbocycles. The minimum Gasteiger partial charge on any atom is -0.351 e. The monoisotopic (exact) mass is 772 g/mol. The van der Waals surface area contributed by atoms with Gasteiger partial charge in [0.1, 0.15) is 18.7 Å². The SMILES string of the molecule is [C-]#[N+]CCOP(OC[C@H]1O[C@@H](n2ccc(NC(=O)c3ccccc3)nc2=O)CC1NC(c1ccccc1)(c1ccccc1)c1ccccc1)N(C(C)C)C(C)C. The molecule has 1 aliphatic rings. The molecule has 56 heavy (non-hydrogen) atoms. The molecule has 1 saturated heterocycles. The highest BCUT2D eigenvalue weighted by Gasteiger charge is 2.45. The number of benzene rings is 4.